The van der Waals surface area contributed by atoms with E-state index < -0.39 is 6.10 Å². The summed E-state index contributed by atoms with van der Waals surface area (Å²) in [7, 11) is 1.92. The summed E-state index contributed by atoms with van der Waals surface area (Å²) in [6.45, 7) is 2.64. The number of aromatic nitrogens is 2. The summed E-state index contributed by atoms with van der Waals surface area (Å²) in [6, 6.07) is 10.0. The minimum atomic E-state index is -0.408. The monoisotopic (exact) mass is 272 g/mol. The molecule has 1 aromatic carbocycles. The maximum absolute atomic E-state index is 10.6. The average Bonchev–Trinajstić information content (AvgIpc) is 2.76. The number of aliphatic hydroxyl groups excluding tert-OH is 1. The maximum Gasteiger partial charge on any atom is 0.122 e. The van der Waals surface area contributed by atoms with Crippen molar-refractivity contribution in [3.05, 3.63) is 47.3 Å². The Kier molecular flexibility index (Phi) is 3.49. The molecule has 2 aromatic rings. The van der Waals surface area contributed by atoms with E-state index in [1.807, 2.05) is 42.9 Å². The summed E-state index contributed by atoms with van der Waals surface area (Å²) >= 11 is 0. The van der Waals surface area contributed by atoms with Crippen LogP contribution in [0, 0.1) is 6.92 Å². The fourth-order valence-electron chi connectivity index (χ4n) is 2.98. The van der Waals surface area contributed by atoms with Crippen LogP contribution >= 0.6 is 0 Å². The number of benzene rings is 1. The highest BCUT2D eigenvalue weighted by molar-refractivity contribution is 5.38. The molecule has 1 N–H and O–H groups in total. The molecule has 2 heterocycles. The van der Waals surface area contributed by atoms with E-state index >= 15 is 0 Å². The van der Waals surface area contributed by atoms with Gasteiger partial charge in [-0.1, -0.05) is 18.2 Å². The number of ether oxygens (including phenoxy) is 1. The average molecular weight is 272 g/mol. The Balaban J connectivity index is 1.81. The van der Waals surface area contributed by atoms with Crippen LogP contribution in [0.4, 0.5) is 0 Å². The molecule has 3 rings (SSSR count). The Morgan fingerprint density at radius 3 is 3.00 bits per heavy atom. The van der Waals surface area contributed by atoms with Crippen LogP contribution in [0.25, 0.3) is 0 Å². The number of fused-ring (bicyclic) bond motifs is 1. The van der Waals surface area contributed by atoms with Crippen LogP contribution in [0.5, 0.6) is 5.75 Å². The Bertz CT molecular complexity index is 606. The molecule has 1 aliphatic heterocycles. The van der Waals surface area contributed by atoms with Gasteiger partial charge in [-0.15, -0.1) is 0 Å². The third-order valence-electron chi connectivity index (χ3n) is 3.99. The van der Waals surface area contributed by atoms with Gasteiger partial charge >= 0.3 is 0 Å². The Labute approximate surface area is 119 Å². The van der Waals surface area contributed by atoms with Gasteiger partial charge < -0.3 is 9.84 Å². The number of hydrogen-bond acceptors (Lipinski definition) is 3. The van der Waals surface area contributed by atoms with Gasteiger partial charge in [-0.2, -0.15) is 5.10 Å². The van der Waals surface area contributed by atoms with Crippen LogP contribution in [0.1, 0.15) is 29.3 Å². The second kappa shape index (κ2) is 5.29. The van der Waals surface area contributed by atoms with Crippen molar-refractivity contribution < 1.29 is 9.84 Å². The molecule has 0 saturated heterocycles. The van der Waals surface area contributed by atoms with Crippen LogP contribution in [0.15, 0.2) is 30.3 Å². The van der Waals surface area contributed by atoms with E-state index in [-0.39, 0.29) is 5.92 Å². The Morgan fingerprint density at radius 1 is 1.45 bits per heavy atom. The summed E-state index contributed by atoms with van der Waals surface area (Å²) in [4.78, 5) is 0. The first-order valence-corrected chi connectivity index (χ1v) is 7.04. The summed E-state index contributed by atoms with van der Waals surface area (Å²) < 4.78 is 7.50. The highest BCUT2D eigenvalue weighted by Crippen LogP contribution is 2.36. The van der Waals surface area contributed by atoms with Gasteiger partial charge in [-0.3, -0.25) is 4.68 Å². The SMILES string of the molecule is Cc1cc(CC(O)C2CCOc3ccccc32)n(C)n1. The van der Waals surface area contributed by atoms with Crippen LogP contribution in [0.2, 0.25) is 0 Å². The molecule has 0 amide bonds. The van der Waals surface area contributed by atoms with Crippen LogP contribution in [0.3, 0.4) is 0 Å². The quantitative estimate of drug-likeness (QED) is 0.931. The summed E-state index contributed by atoms with van der Waals surface area (Å²) in [5.74, 6) is 1.04. The van der Waals surface area contributed by atoms with Crippen molar-refractivity contribution in [3.63, 3.8) is 0 Å². The minimum Gasteiger partial charge on any atom is -0.493 e. The normalized spacial score (nSPS) is 19.2. The Morgan fingerprint density at radius 2 is 2.25 bits per heavy atom. The molecule has 106 valence electrons. The lowest BCUT2D eigenvalue weighted by molar-refractivity contribution is 0.115. The van der Waals surface area contributed by atoms with E-state index in [1.165, 1.54) is 0 Å². The van der Waals surface area contributed by atoms with Gasteiger partial charge in [0, 0.05) is 25.1 Å². The topological polar surface area (TPSA) is 47.3 Å². The molecule has 0 bridgehead atoms. The number of aryl methyl sites for hydroxylation is 2. The van der Waals surface area contributed by atoms with Gasteiger partial charge in [0.05, 0.1) is 18.4 Å². The first-order valence-electron chi connectivity index (χ1n) is 7.04. The van der Waals surface area contributed by atoms with Crippen molar-refractivity contribution in [3.8, 4) is 5.75 Å². The van der Waals surface area contributed by atoms with Gasteiger partial charge in [-0.25, -0.2) is 0 Å². The molecule has 4 heteroatoms. The van der Waals surface area contributed by atoms with E-state index in [1.54, 1.807) is 0 Å². The van der Waals surface area contributed by atoms with Gasteiger partial charge in [0.15, 0.2) is 0 Å². The lowest BCUT2D eigenvalue weighted by atomic mass is 9.86. The first-order chi connectivity index (χ1) is 9.65. The fraction of sp³-hybridized carbons (Fsp3) is 0.438. The number of para-hydroxylation sites is 1. The van der Waals surface area contributed by atoms with Gasteiger partial charge in [0.1, 0.15) is 5.75 Å². The zero-order valence-electron chi connectivity index (χ0n) is 11.9. The second-order valence-corrected chi connectivity index (χ2v) is 5.45. The molecule has 0 saturated carbocycles. The van der Waals surface area contributed by atoms with Crippen molar-refractivity contribution in [1.29, 1.82) is 0 Å². The smallest absolute Gasteiger partial charge is 0.122 e. The summed E-state index contributed by atoms with van der Waals surface area (Å²) in [5, 5.41) is 14.9. The highest BCUT2D eigenvalue weighted by atomic mass is 16.5. The van der Waals surface area contributed by atoms with E-state index in [2.05, 4.69) is 11.2 Å². The predicted octanol–water partition coefficient (Wildman–Crippen LogP) is 2.20. The molecule has 0 radical (unpaired) electrons. The van der Waals surface area contributed by atoms with Crippen molar-refractivity contribution in [2.45, 2.75) is 31.8 Å². The van der Waals surface area contributed by atoms with E-state index in [0.29, 0.717) is 13.0 Å². The molecule has 0 fully saturated rings. The Hall–Kier alpha value is -1.81. The fourth-order valence-corrected chi connectivity index (χ4v) is 2.98. The molecule has 2 atom stereocenters. The molecule has 2 unspecified atom stereocenters. The van der Waals surface area contributed by atoms with Crippen LogP contribution < -0.4 is 4.74 Å². The third kappa shape index (κ3) is 2.43. The summed E-state index contributed by atoms with van der Waals surface area (Å²) in [5.41, 5.74) is 3.17. The third-order valence-corrected chi connectivity index (χ3v) is 3.99. The number of nitrogens with zero attached hydrogens (tertiary/aromatic N) is 2. The molecule has 0 aliphatic carbocycles. The highest BCUT2D eigenvalue weighted by Gasteiger charge is 2.28. The maximum atomic E-state index is 10.6. The zero-order valence-corrected chi connectivity index (χ0v) is 11.9. The predicted molar refractivity (Wildman–Crippen MR) is 77.0 cm³/mol. The first kappa shape index (κ1) is 13.2. The summed E-state index contributed by atoms with van der Waals surface area (Å²) in [6.07, 6.45) is 1.07. The lowest BCUT2D eigenvalue weighted by Gasteiger charge is -2.29. The molecule has 4 nitrogen and oxygen atoms in total. The van der Waals surface area contributed by atoms with Crippen molar-refractivity contribution in [2.24, 2.45) is 7.05 Å². The van der Waals surface area contributed by atoms with Gasteiger partial charge in [0.2, 0.25) is 0 Å². The van der Waals surface area contributed by atoms with Crippen molar-refractivity contribution in [2.75, 3.05) is 6.61 Å². The van der Waals surface area contributed by atoms with Crippen molar-refractivity contribution in [1.82, 2.24) is 9.78 Å². The van der Waals surface area contributed by atoms with Crippen molar-refractivity contribution >= 4 is 0 Å². The van der Waals surface area contributed by atoms with Crippen LogP contribution in [-0.2, 0) is 13.5 Å². The molecular weight excluding hydrogens is 252 g/mol. The largest absolute Gasteiger partial charge is 0.493 e. The molecular formula is C16H20N2O2. The van der Waals surface area contributed by atoms with E-state index in [0.717, 1.165) is 29.1 Å². The van der Waals surface area contributed by atoms with Gasteiger partial charge in [0.25, 0.3) is 0 Å². The van der Waals surface area contributed by atoms with E-state index in [9.17, 15) is 5.11 Å². The number of rotatable bonds is 3. The number of aliphatic hydroxyl groups is 1. The molecule has 0 spiro atoms. The zero-order chi connectivity index (χ0) is 14.1. The minimum absolute atomic E-state index is 0.134. The molecule has 1 aromatic heterocycles. The molecule has 20 heavy (non-hydrogen) atoms. The molecule has 1 aliphatic rings. The van der Waals surface area contributed by atoms with Gasteiger partial charge in [-0.05, 0) is 31.0 Å². The number of hydrogen-bond donors (Lipinski definition) is 1. The second-order valence-electron chi connectivity index (χ2n) is 5.45. The van der Waals surface area contributed by atoms with E-state index in [4.69, 9.17) is 4.74 Å². The lowest BCUT2D eigenvalue weighted by Crippen LogP contribution is -2.27. The standard InChI is InChI=1S/C16H20N2O2/c1-11-9-12(18(2)17-11)10-15(19)13-7-8-20-16-6-4-3-5-14(13)16/h3-6,9,13,15,19H,7-8,10H2,1-2H3. The van der Waals surface area contributed by atoms with Crippen LogP contribution in [-0.4, -0.2) is 27.6 Å².